The van der Waals surface area contributed by atoms with Crippen LogP contribution in [-0.2, 0) is 4.79 Å². The first-order valence-electron chi connectivity index (χ1n) is 7.86. The Morgan fingerprint density at radius 2 is 2.00 bits per heavy atom. The van der Waals surface area contributed by atoms with E-state index in [4.69, 9.17) is 0 Å². The van der Waals surface area contributed by atoms with Crippen molar-refractivity contribution >= 4 is 11.8 Å². The highest BCUT2D eigenvalue weighted by Gasteiger charge is 2.28. The molecule has 0 aliphatic rings. The molecule has 0 aliphatic carbocycles. The van der Waals surface area contributed by atoms with E-state index in [1.807, 2.05) is 0 Å². The smallest absolute Gasteiger partial charge is 0.254 e. The maximum absolute atomic E-state index is 12.8. The first-order chi connectivity index (χ1) is 11.2. The van der Waals surface area contributed by atoms with E-state index in [0.717, 1.165) is 12.8 Å². The Bertz CT molecular complexity index is 528. The fourth-order valence-corrected chi connectivity index (χ4v) is 2.27. The van der Waals surface area contributed by atoms with E-state index in [1.54, 1.807) is 41.6 Å². The van der Waals surface area contributed by atoms with E-state index in [-0.39, 0.29) is 11.8 Å². The lowest BCUT2D eigenvalue weighted by molar-refractivity contribution is -0.125. The summed E-state index contributed by atoms with van der Waals surface area (Å²) in [6, 6.07) is 2.78. The highest BCUT2D eigenvalue weighted by molar-refractivity contribution is 5.97. The summed E-state index contributed by atoms with van der Waals surface area (Å²) in [5.41, 5.74) is 0.514. The Hall–Kier alpha value is -2.43. The molecule has 1 N–H and O–H groups in total. The summed E-state index contributed by atoms with van der Waals surface area (Å²) in [5.74, 6) is -0.357. The third-order valence-electron chi connectivity index (χ3n) is 3.44. The molecule has 2 amide bonds. The van der Waals surface area contributed by atoms with E-state index < -0.39 is 6.04 Å². The average molecular weight is 315 g/mol. The van der Waals surface area contributed by atoms with Gasteiger partial charge < -0.3 is 10.2 Å². The largest absolute Gasteiger partial charge is 0.351 e. The SMILES string of the molecule is C=CCNC(=O)C(CCCC)N(CC=C)C(=O)c1ccncc1. The molecule has 0 saturated carbocycles. The molecule has 1 heterocycles. The number of nitrogens with one attached hydrogen (secondary N) is 1. The van der Waals surface area contributed by atoms with Gasteiger partial charge in [0.2, 0.25) is 5.91 Å². The Morgan fingerprint density at radius 1 is 1.30 bits per heavy atom. The van der Waals surface area contributed by atoms with Crippen LogP contribution in [0.2, 0.25) is 0 Å². The summed E-state index contributed by atoms with van der Waals surface area (Å²) in [5, 5.41) is 2.79. The van der Waals surface area contributed by atoms with Gasteiger partial charge in [-0.1, -0.05) is 31.9 Å². The van der Waals surface area contributed by atoms with Gasteiger partial charge in [0.15, 0.2) is 0 Å². The van der Waals surface area contributed by atoms with Crippen molar-refractivity contribution in [3.05, 3.63) is 55.4 Å². The van der Waals surface area contributed by atoms with Gasteiger partial charge in [0.05, 0.1) is 0 Å². The fraction of sp³-hybridized carbons (Fsp3) is 0.389. The monoisotopic (exact) mass is 315 g/mol. The van der Waals surface area contributed by atoms with Crippen LogP contribution in [0.4, 0.5) is 0 Å². The minimum absolute atomic E-state index is 0.164. The number of carbonyl (C=O) groups excluding carboxylic acids is 2. The summed E-state index contributed by atoms with van der Waals surface area (Å²) in [7, 11) is 0. The fourth-order valence-electron chi connectivity index (χ4n) is 2.27. The van der Waals surface area contributed by atoms with Crippen LogP contribution in [0.1, 0.15) is 36.5 Å². The second kappa shape index (κ2) is 10.3. The molecule has 0 fully saturated rings. The molecule has 5 nitrogen and oxygen atoms in total. The van der Waals surface area contributed by atoms with Gasteiger partial charge in [-0.3, -0.25) is 14.6 Å². The van der Waals surface area contributed by atoms with Crippen molar-refractivity contribution in [2.45, 2.75) is 32.2 Å². The average Bonchev–Trinajstić information content (AvgIpc) is 2.59. The van der Waals surface area contributed by atoms with Gasteiger partial charge in [-0.25, -0.2) is 0 Å². The second-order valence-corrected chi connectivity index (χ2v) is 5.17. The third-order valence-corrected chi connectivity index (χ3v) is 3.44. The van der Waals surface area contributed by atoms with Crippen molar-refractivity contribution < 1.29 is 9.59 Å². The van der Waals surface area contributed by atoms with Crippen LogP contribution < -0.4 is 5.32 Å². The second-order valence-electron chi connectivity index (χ2n) is 5.17. The maximum atomic E-state index is 12.8. The van der Waals surface area contributed by atoms with E-state index in [2.05, 4.69) is 30.4 Å². The number of hydrogen-bond donors (Lipinski definition) is 1. The molecule has 1 atom stereocenters. The van der Waals surface area contributed by atoms with Crippen LogP contribution in [0.3, 0.4) is 0 Å². The normalized spacial score (nSPS) is 11.3. The van der Waals surface area contributed by atoms with Crippen LogP contribution in [0, 0.1) is 0 Å². The van der Waals surface area contributed by atoms with Gasteiger partial charge >= 0.3 is 0 Å². The van der Waals surface area contributed by atoms with Gasteiger partial charge in [0, 0.05) is 31.0 Å². The molecule has 1 rings (SSSR count). The third kappa shape index (κ3) is 5.70. The van der Waals surface area contributed by atoms with E-state index >= 15 is 0 Å². The predicted octanol–water partition coefficient (Wildman–Crippen LogP) is 2.57. The number of aromatic nitrogens is 1. The molecule has 0 bridgehead atoms. The predicted molar refractivity (Wildman–Crippen MR) is 92.0 cm³/mol. The summed E-state index contributed by atoms with van der Waals surface area (Å²) in [6.07, 6.45) is 8.83. The molecule has 0 spiro atoms. The molecule has 0 aliphatic heterocycles. The zero-order valence-corrected chi connectivity index (χ0v) is 13.7. The number of rotatable bonds is 10. The molecule has 0 aromatic carbocycles. The highest BCUT2D eigenvalue weighted by atomic mass is 16.2. The summed E-state index contributed by atoms with van der Waals surface area (Å²) >= 11 is 0. The van der Waals surface area contributed by atoms with Crippen molar-refractivity contribution in [2.75, 3.05) is 13.1 Å². The number of nitrogens with zero attached hydrogens (tertiary/aromatic N) is 2. The molecule has 124 valence electrons. The van der Waals surface area contributed by atoms with Crippen molar-refractivity contribution in [2.24, 2.45) is 0 Å². The van der Waals surface area contributed by atoms with Crippen LogP contribution in [0.25, 0.3) is 0 Å². The van der Waals surface area contributed by atoms with E-state index in [0.29, 0.717) is 25.1 Å². The lowest BCUT2D eigenvalue weighted by Gasteiger charge is -2.30. The number of amides is 2. The molecular formula is C18H25N3O2. The van der Waals surface area contributed by atoms with Crippen LogP contribution in [0.5, 0.6) is 0 Å². The Kier molecular flexibility index (Phi) is 8.36. The highest BCUT2D eigenvalue weighted by Crippen LogP contribution is 2.14. The van der Waals surface area contributed by atoms with Crippen molar-refractivity contribution in [1.29, 1.82) is 0 Å². The molecule has 1 aromatic rings. The van der Waals surface area contributed by atoms with Gasteiger partial charge in [0.1, 0.15) is 6.04 Å². The number of carbonyl (C=O) groups is 2. The maximum Gasteiger partial charge on any atom is 0.254 e. The lowest BCUT2D eigenvalue weighted by Crippen LogP contribution is -2.49. The zero-order valence-electron chi connectivity index (χ0n) is 13.7. The van der Waals surface area contributed by atoms with E-state index in [9.17, 15) is 9.59 Å². The molecule has 5 heteroatoms. The first kappa shape index (κ1) is 18.6. The molecule has 0 saturated heterocycles. The Morgan fingerprint density at radius 3 is 2.57 bits per heavy atom. The molecular weight excluding hydrogens is 290 g/mol. The lowest BCUT2D eigenvalue weighted by atomic mass is 10.1. The Labute approximate surface area is 138 Å². The summed E-state index contributed by atoms with van der Waals surface area (Å²) in [6.45, 7) is 10.1. The number of unbranched alkanes of at least 4 members (excludes halogenated alkanes) is 1. The van der Waals surface area contributed by atoms with Gasteiger partial charge in [-0.15, -0.1) is 13.2 Å². The molecule has 0 radical (unpaired) electrons. The summed E-state index contributed by atoms with van der Waals surface area (Å²) < 4.78 is 0. The van der Waals surface area contributed by atoms with Gasteiger partial charge in [-0.05, 0) is 18.6 Å². The minimum atomic E-state index is -0.520. The molecule has 1 aromatic heterocycles. The molecule has 1 unspecified atom stereocenters. The first-order valence-corrected chi connectivity index (χ1v) is 7.86. The Balaban J connectivity index is 3.02. The van der Waals surface area contributed by atoms with Gasteiger partial charge in [-0.2, -0.15) is 0 Å². The zero-order chi connectivity index (χ0) is 17.1. The quantitative estimate of drug-likeness (QED) is 0.675. The van der Waals surface area contributed by atoms with E-state index in [1.165, 1.54) is 0 Å². The van der Waals surface area contributed by atoms with Gasteiger partial charge in [0.25, 0.3) is 5.91 Å². The van der Waals surface area contributed by atoms with Crippen LogP contribution >= 0.6 is 0 Å². The summed E-state index contributed by atoms with van der Waals surface area (Å²) in [4.78, 5) is 30.7. The van der Waals surface area contributed by atoms with Crippen LogP contribution in [-0.4, -0.2) is 40.8 Å². The van der Waals surface area contributed by atoms with Crippen molar-refractivity contribution in [3.8, 4) is 0 Å². The minimum Gasteiger partial charge on any atom is -0.351 e. The topological polar surface area (TPSA) is 62.3 Å². The van der Waals surface area contributed by atoms with Crippen molar-refractivity contribution in [1.82, 2.24) is 15.2 Å². The van der Waals surface area contributed by atoms with Crippen LogP contribution in [0.15, 0.2) is 49.8 Å². The number of pyridine rings is 1. The molecule has 23 heavy (non-hydrogen) atoms. The standard InChI is InChI=1S/C18H25N3O2/c1-4-7-8-16(17(22)20-11-5-2)21(14-6-3)18(23)15-9-12-19-13-10-15/h5-6,9-10,12-13,16H,2-4,7-8,11,14H2,1H3,(H,20,22). The van der Waals surface area contributed by atoms with Crippen molar-refractivity contribution in [3.63, 3.8) is 0 Å². The number of hydrogen-bond acceptors (Lipinski definition) is 3.